The van der Waals surface area contributed by atoms with E-state index in [9.17, 15) is 31.5 Å². The fraction of sp³-hybridized carbons (Fsp3) is 0.450. The van der Waals surface area contributed by atoms with Gasteiger partial charge in [-0.1, -0.05) is 12.1 Å². The second-order valence-electron chi connectivity index (χ2n) is 8.19. The lowest BCUT2D eigenvalue weighted by atomic mass is 9.89. The van der Waals surface area contributed by atoms with Crippen LogP contribution in [0.1, 0.15) is 18.4 Å². The van der Waals surface area contributed by atoms with Crippen molar-refractivity contribution in [2.45, 2.75) is 25.4 Å². The van der Waals surface area contributed by atoms with Crippen LogP contribution in [0, 0.1) is 11.7 Å². The van der Waals surface area contributed by atoms with E-state index in [1.54, 1.807) is 22.9 Å². The van der Waals surface area contributed by atoms with Gasteiger partial charge < -0.3 is 5.11 Å². The van der Waals surface area contributed by atoms with Gasteiger partial charge in [-0.15, -0.1) is 0 Å². The van der Waals surface area contributed by atoms with Crippen LogP contribution in [0.25, 0.3) is 10.8 Å². The number of carbonyl (C=O) groups is 1. The number of hydrogen-bond donors (Lipinski definition) is 2. The molecule has 0 aliphatic carbocycles. The molecule has 0 aromatic heterocycles. The number of amides is 1. The van der Waals surface area contributed by atoms with Crippen molar-refractivity contribution in [3.05, 3.63) is 35.6 Å². The molecule has 2 saturated heterocycles. The van der Waals surface area contributed by atoms with E-state index >= 15 is 4.39 Å². The Bertz CT molecular complexity index is 1160. The predicted octanol–water partition coefficient (Wildman–Crippen LogP) is 2.68. The first-order chi connectivity index (χ1) is 14.9. The zero-order valence-corrected chi connectivity index (χ0v) is 17.6. The largest absolute Gasteiger partial charge is 0.506 e. The van der Waals surface area contributed by atoms with E-state index in [2.05, 4.69) is 0 Å². The number of anilines is 1. The highest BCUT2D eigenvalue weighted by molar-refractivity contribution is 7.92. The Morgan fingerprint density at radius 2 is 1.84 bits per heavy atom. The second-order valence-corrected chi connectivity index (χ2v) is 9.78. The summed E-state index contributed by atoms with van der Waals surface area (Å²) in [4.78, 5) is 12.9. The van der Waals surface area contributed by atoms with Crippen LogP contribution in [0.3, 0.4) is 0 Å². The first-order valence-corrected chi connectivity index (χ1v) is 11.4. The van der Waals surface area contributed by atoms with Gasteiger partial charge >= 0.3 is 16.4 Å². The molecule has 2 fully saturated rings. The molecular formula is C20H21F4N3O4S. The predicted molar refractivity (Wildman–Crippen MR) is 109 cm³/mol. The fourth-order valence-corrected chi connectivity index (χ4v) is 5.48. The third-order valence-corrected chi connectivity index (χ3v) is 7.18. The number of fused-ring (bicyclic) bond motifs is 1. The van der Waals surface area contributed by atoms with Gasteiger partial charge in [-0.2, -0.15) is 21.6 Å². The Morgan fingerprint density at radius 1 is 1.16 bits per heavy atom. The van der Waals surface area contributed by atoms with Gasteiger partial charge in [0.2, 0.25) is 0 Å². The van der Waals surface area contributed by atoms with Crippen molar-refractivity contribution in [1.29, 1.82) is 0 Å². The van der Waals surface area contributed by atoms with Crippen molar-refractivity contribution in [3.63, 3.8) is 0 Å². The molecule has 0 bridgehead atoms. The molecule has 2 N–H and O–H groups in total. The lowest BCUT2D eigenvalue weighted by Crippen LogP contribution is -2.40. The maximum absolute atomic E-state index is 15.3. The minimum absolute atomic E-state index is 0.0827. The summed E-state index contributed by atoms with van der Waals surface area (Å²) in [7, 11) is -4.31. The van der Waals surface area contributed by atoms with E-state index < -0.39 is 52.6 Å². The average molecular weight is 475 g/mol. The number of aromatic hydroxyl groups is 1. The second kappa shape index (κ2) is 8.07. The smallest absolute Gasteiger partial charge is 0.401 e. The SMILES string of the molecule is O=C1CN(c2c(O)cc3ccc(CC4CCN(CC(F)(F)F)CC4)cc3c2F)S(=O)(=O)N1. The molecule has 174 valence electrons. The van der Waals surface area contributed by atoms with Crippen molar-refractivity contribution in [1.82, 2.24) is 9.62 Å². The average Bonchev–Trinajstić information content (AvgIpc) is 2.95. The van der Waals surface area contributed by atoms with E-state index in [1.165, 1.54) is 11.0 Å². The number of nitrogens with one attached hydrogen (secondary N) is 1. The molecule has 1 amide bonds. The van der Waals surface area contributed by atoms with Crippen LogP contribution in [0.5, 0.6) is 5.75 Å². The quantitative estimate of drug-likeness (QED) is 0.664. The van der Waals surface area contributed by atoms with E-state index in [0.29, 0.717) is 42.0 Å². The number of rotatable bonds is 4. The van der Waals surface area contributed by atoms with Crippen molar-refractivity contribution < 1.29 is 35.9 Å². The Hall–Kier alpha value is -2.60. The maximum Gasteiger partial charge on any atom is 0.401 e. The third-order valence-electron chi connectivity index (χ3n) is 5.80. The van der Waals surface area contributed by atoms with Gasteiger partial charge in [0.1, 0.15) is 18.0 Å². The van der Waals surface area contributed by atoms with Crippen LogP contribution in [0.4, 0.5) is 23.2 Å². The van der Waals surface area contributed by atoms with Gasteiger partial charge in [0, 0.05) is 5.39 Å². The minimum Gasteiger partial charge on any atom is -0.506 e. The van der Waals surface area contributed by atoms with E-state index in [1.807, 2.05) is 0 Å². The third kappa shape index (κ3) is 4.60. The number of alkyl halides is 3. The highest BCUT2D eigenvalue weighted by Crippen LogP contribution is 2.39. The van der Waals surface area contributed by atoms with E-state index in [-0.39, 0.29) is 11.3 Å². The molecule has 32 heavy (non-hydrogen) atoms. The first-order valence-electron chi connectivity index (χ1n) is 9.99. The molecular weight excluding hydrogens is 454 g/mol. The number of phenolic OH excluding ortho intramolecular Hbond substituents is 1. The van der Waals surface area contributed by atoms with Crippen LogP contribution in [-0.4, -0.2) is 56.7 Å². The van der Waals surface area contributed by atoms with E-state index in [0.717, 1.165) is 5.56 Å². The number of carbonyl (C=O) groups excluding carboxylic acids is 1. The summed E-state index contributed by atoms with van der Waals surface area (Å²) in [6, 6.07) is 6.12. The zero-order valence-electron chi connectivity index (χ0n) is 16.8. The van der Waals surface area contributed by atoms with Gasteiger partial charge in [0.25, 0.3) is 5.91 Å². The molecule has 2 aliphatic rings. The molecule has 0 radical (unpaired) electrons. The van der Waals surface area contributed by atoms with Gasteiger partial charge in [-0.3, -0.25) is 9.69 Å². The molecule has 0 spiro atoms. The minimum atomic E-state index is -4.31. The lowest BCUT2D eigenvalue weighted by molar-refractivity contribution is -0.148. The van der Waals surface area contributed by atoms with Gasteiger partial charge in [-0.05, 0) is 61.4 Å². The number of piperidine rings is 1. The molecule has 0 atom stereocenters. The van der Waals surface area contributed by atoms with Gasteiger partial charge in [-0.25, -0.2) is 13.4 Å². The normalized spacial score (nSPS) is 20.1. The molecule has 2 aromatic carbocycles. The van der Waals surface area contributed by atoms with Gasteiger partial charge in [0.15, 0.2) is 5.82 Å². The summed E-state index contributed by atoms with van der Waals surface area (Å²) in [5.74, 6) is -2.28. The number of halogens is 4. The molecule has 12 heteroatoms. The van der Waals surface area contributed by atoms with Crippen LogP contribution in [0.15, 0.2) is 24.3 Å². The summed E-state index contributed by atoms with van der Waals surface area (Å²) in [5.41, 5.74) is 0.147. The molecule has 2 heterocycles. The lowest BCUT2D eigenvalue weighted by Gasteiger charge is -2.32. The number of benzene rings is 2. The summed E-state index contributed by atoms with van der Waals surface area (Å²) >= 11 is 0. The maximum atomic E-state index is 15.3. The first kappa shape index (κ1) is 22.6. The molecule has 7 nitrogen and oxygen atoms in total. The Balaban J connectivity index is 1.56. The topological polar surface area (TPSA) is 90.0 Å². The molecule has 0 unspecified atom stereocenters. The van der Waals surface area contributed by atoms with Crippen LogP contribution in [0.2, 0.25) is 0 Å². The number of nitrogens with zero attached hydrogens (tertiary/aromatic N) is 2. The Labute approximate surface area is 181 Å². The zero-order chi connectivity index (χ0) is 23.3. The fourth-order valence-electron chi connectivity index (χ4n) is 4.32. The number of hydrogen-bond acceptors (Lipinski definition) is 5. The van der Waals surface area contributed by atoms with Crippen molar-refractivity contribution in [2.24, 2.45) is 5.92 Å². The molecule has 0 saturated carbocycles. The summed E-state index contributed by atoms with van der Waals surface area (Å²) in [6.07, 6.45) is -2.53. The van der Waals surface area contributed by atoms with Crippen molar-refractivity contribution >= 4 is 32.6 Å². The van der Waals surface area contributed by atoms with Crippen LogP contribution < -0.4 is 9.03 Å². The monoisotopic (exact) mass is 475 g/mol. The summed E-state index contributed by atoms with van der Waals surface area (Å²) in [6.45, 7) is -0.908. The molecule has 2 aromatic rings. The Morgan fingerprint density at radius 3 is 2.44 bits per heavy atom. The van der Waals surface area contributed by atoms with Crippen LogP contribution >= 0.6 is 0 Å². The highest BCUT2D eigenvalue weighted by Gasteiger charge is 2.38. The molecule has 2 aliphatic heterocycles. The van der Waals surface area contributed by atoms with Crippen molar-refractivity contribution in [2.75, 3.05) is 30.5 Å². The Kier molecular flexibility index (Phi) is 5.70. The van der Waals surface area contributed by atoms with Crippen LogP contribution in [-0.2, 0) is 21.4 Å². The van der Waals surface area contributed by atoms with Gasteiger partial charge in [0.05, 0.1) is 6.54 Å². The standard InChI is InChI=1S/C20H21F4N3O4S/c21-18-15-8-13(7-12-3-5-26(6-4-12)11-20(22,23)24)1-2-14(15)9-16(28)19(18)27-10-17(29)25-32(27,30)31/h1-2,8-9,12,28H,3-7,10-11H2,(H,25,29). The number of phenols is 1. The number of likely N-dealkylation sites (tertiary alicyclic amines) is 1. The van der Waals surface area contributed by atoms with E-state index in [4.69, 9.17) is 0 Å². The van der Waals surface area contributed by atoms with Crippen molar-refractivity contribution in [3.8, 4) is 5.75 Å². The highest BCUT2D eigenvalue weighted by atomic mass is 32.2. The molecule has 4 rings (SSSR count). The summed E-state index contributed by atoms with van der Waals surface area (Å²) in [5, 5.41) is 10.7. The summed E-state index contributed by atoms with van der Waals surface area (Å²) < 4.78 is 79.4.